The SMILES string of the molecule is O=C(NCc1ccc(F)cc1)c1nc2cc(-c3ccccc3)[nH]n2c(=O)c1O. The first-order valence-corrected chi connectivity index (χ1v) is 8.46. The third-order valence-corrected chi connectivity index (χ3v) is 4.26. The summed E-state index contributed by atoms with van der Waals surface area (Å²) >= 11 is 0. The van der Waals surface area contributed by atoms with Crippen LogP contribution in [0.3, 0.4) is 0 Å². The first kappa shape index (κ1) is 17.5. The van der Waals surface area contributed by atoms with E-state index in [0.29, 0.717) is 11.3 Å². The number of carbonyl (C=O) groups excluding carboxylic acids is 1. The van der Waals surface area contributed by atoms with Gasteiger partial charge in [0.05, 0.1) is 5.69 Å². The third-order valence-electron chi connectivity index (χ3n) is 4.26. The minimum atomic E-state index is -0.779. The summed E-state index contributed by atoms with van der Waals surface area (Å²) in [7, 11) is 0. The van der Waals surface area contributed by atoms with Crippen molar-refractivity contribution in [1.82, 2.24) is 19.9 Å². The molecule has 2 aromatic carbocycles. The van der Waals surface area contributed by atoms with Crippen LogP contribution in [0.5, 0.6) is 5.75 Å². The molecule has 0 unspecified atom stereocenters. The molecule has 0 saturated heterocycles. The number of halogens is 1. The summed E-state index contributed by atoms with van der Waals surface area (Å²) in [6, 6.07) is 16.5. The average Bonchev–Trinajstić information content (AvgIpc) is 3.15. The molecule has 0 atom stereocenters. The second-order valence-electron chi connectivity index (χ2n) is 6.15. The van der Waals surface area contributed by atoms with E-state index in [1.54, 1.807) is 6.07 Å². The zero-order chi connectivity index (χ0) is 19.7. The van der Waals surface area contributed by atoms with Crippen molar-refractivity contribution in [3.63, 3.8) is 0 Å². The number of carbonyl (C=O) groups is 1. The van der Waals surface area contributed by atoms with Crippen LogP contribution in [-0.2, 0) is 6.54 Å². The molecule has 1 amide bonds. The van der Waals surface area contributed by atoms with Crippen LogP contribution in [0.25, 0.3) is 16.9 Å². The molecular weight excluding hydrogens is 363 g/mol. The second kappa shape index (κ2) is 6.99. The number of benzene rings is 2. The van der Waals surface area contributed by atoms with Crippen molar-refractivity contribution in [3.8, 4) is 17.0 Å². The van der Waals surface area contributed by atoms with Crippen molar-refractivity contribution in [2.75, 3.05) is 0 Å². The maximum Gasteiger partial charge on any atom is 0.315 e. The molecule has 0 aliphatic rings. The fourth-order valence-corrected chi connectivity index (χ4v) is 2.81. The summed E-state index contributed by atoms with van der Waals surface area (Å²) in [5, 5.41) is 15.6. The van der Waals surface area contributed by atoms with Crippen LogP contribution in [0.2, 0.25) is 0 Å². The van der Waals surface area contributed by atoms with Gasteiger partial charge in [-0.25, -0.2) is 9.37 Å². The summed E-state index contributed by atoms with van der Waals surface area (Å²) < 4.78 is 14.0. The molecule has 4 rings (SSSR count). The standard InChI is InChI=1S/C20H15FN4O3/c21-14-8-6-12(7-9-14)11-22-19(27)17-18(26)20(28)25-16(23-17)10-15(24-25)13-4-2-1-3-5-13/h1-10,24,26H,11H2,(H,22,27). The van der Waals surface area contributed by atoms with E-state index in [-0.39, 0.29) is 23.7 Å². The Balaban J connectivity index is 1.65. The highest BCUT2D eigenvalue weighted by Gasteiger charge is 2.20. The van der Waals surface area contributed by atoms with Crippen molar-refractivity contribution >= 4 is 11.6 Å². The zero-order valence-electron chi connectivity index (χ0n) is 14.5. The molecule has 0 saturated carbocycles. The van der Waals surface area contributed by atoms with Crippen molar-refractivity contribution in [2.24, 2.45) is 0 Å². The highest BCUT2D eigenvalue weighted by Crippen LogP contribution is 2.19. The van der Waals surface area contributed by atoms with E-state index >= 15 is 0 Å². The van der Waals surface area contributed by atoms with Gasteiger partial charge in [0.2, 0.25) is 5.75 Å². The van der Waals surface area contributed by atoms with Crippen molar-refractivity contribution in [3.05, 3.63) is 88.1 Å². The van der Waals surface area contributed by atoms with E-state index in [1.807, 2.05) is 30.3 Å². The number of aromatic hydroxyl groups is 1. The fourth-order valence-electron chi connectivity index (χ4n) is 2.81. The Morgan fingerprint density at radius 1 is 1.14 bits per heavy atom. The lowest BCUT2D eigenvalue weighted by Crippen LogP contribution is -2.27. The van der Waals surface area contributed by atoms with Crippen LogP contribution in [0.15, 0.2) is 65.5 Å². The maximum absolute atomic E-state index is 13.0. The molecule has 0 spiro atoms. The number of nitrogens with zero attached hydrogens (tertiary/aromatic N) is 2. The summed E-state index contributed by atoms with van der Waals surface area (Å²) in [5.41, 5.74) is 1.17. The Bertz CT molecular complexity index is 1210. The number of H-pyrrole nitrogens is 1. The molecule has 7 nitrogen and oxygen atoms in total. The lowest BCUT2D eigenvalue weighted by atomic mass is 10.2. The van der Waals surface area contributed by atoms with Crippen LogP contribution in [0.1, 0.15) is 16.1 Å². The summed E-state index contributed by atoms with van der Waals surface area (Å²) in [6.45, 7) is 0.0992. The van der Waals surface area contributed by atoms with Gasteiger partial charge in [0.1, 0.15) is 5.82 Å². The van der Waals surface area contributed by atoms with Crippen LogP contribution in [0, 0.1) is 5.82 Å². The van der Waals surface area contributed by atoms with Crippen molar-refractivity contribution in [1.29, 1.82) is 0 Å². The van der Waals surface area contributed by atoms with Gasteiger partial charge < -0.3 is 10.4 Å². The van der Waals surface area contributed by atoms with Gasteiger partial charge in [-0.2, -0.15) is 4.52 Å². The Labute approximate surface area is 158 Å². The first-order chi connectivity index (χ1) is 13.5. The number of rotatable bonds is 4. The zero-order valence-corrected chi connectivity index (χ0v) is 14.5. The molecule has 2 heterocycles. The van der Waals surface area contributed by atoms with Crippen LogP contribution in [-0.4, -0.2) is 25.6 Å². The number of hydrogen-bond donors (Lipinski definition) is 3. The van der Waals surface area contributed by atoms with E-state index in [9.17, 15) is 19.1 Å². The maximum atomic E-state index is 13.0. The molecule has 0 aliphatic heterocycles. The predicted octanol–water partition coefficient (Wildman–Crippen LogP) is 2.46. The Hall–Kier alpha value is -3.94. The van der Waals surface area contributed by atoms with Crippen molar-refractivity contribution < 1.29 is 14.3 Å². The number of aromatic amines is 1. The Morgan fingerprint density at radius 2 is 1.86 bits per heavy atom. The highest BCUT2D eigenvalue weighted by atomic mass is 19.1. The monoisotopic (exact) mass is 378 g/mol. The topological polar surface area (TPSA) is 99.5 Å². The normalized spacial score (nSPS) is 10.9. The van der Waals surface area contributed by atoms with Crippen LogP contribution in [0.4, 0.5) is 4.39 Å². The molecule has 8 heteroatoms. The quantitative estimate of drug-likeness (QED) is 0.508. The third kappa shape index (κ3) is 3.23. The number of amides is 1. The van der Waals surface area contributed by atoms with Crippen LogP contribution >= 0.6 is 0 Å². The summed E-state index contributed by atoms with van der Waals surface area (Å²) in [4.78, 5) is 29.0. The molecule has 3 N–H and O–H groups in total. The van der Waals surface area contributed by atoms with E-state index in [0.717, 1.165) is 10.1 Å². The molecule has 4 aromatic rings. The smallest absolute Gasteiger partial charge is 0.315 e. The minimum Gasteiger partial charge on any atom is -0.501 e. The summed E-state index contributed by atoms with van der Waals surface area (Å²) in [6.07, 6.45) is 0. The fraction of sp³-hybridized carbons (Fsp3) is 0.0500. The minimum absolute atomic E-state index is 0.0992. The van der Waals surface area contributed by atoms with E-state index in [4.69, 9.17) is 0 Å². The molecule has 2 aromatic heterocycles. The first-order valence-electron chi connectivity index (χ1n) is 8.46. The average molecular weight is 378 g/mol. The van der Waals surface area contributed by atoms with E-state index in [2.05, 4.69) is 15.4 Å². The van der Waals surface area contributed by atoms with E-state index in [1.165, 1.54) is 24.3 Å². The molecular formula is C20H15FN4O3. The Kier molecular flexibility index (Phi) is 4.36. The van der Waals surface area contributed by atoms with Gasteiger partial charge in [0.25, 0.3) is 5.91 Å². The molecule has 0 bridgehead atoms. The number of nitrogens with one attached hydrogen (secondary N) is 2. The van der Waals surface area contributed by atoms with Gasteiger partial charge in [0, 0.05) is 12.6 Å². The van der Waals surface area contributed by atoms with Crippen molar-refractivity contribution in [2.45, 2.75) is 6.54 Å². The number of aromatic nitrogens is 3. The van der Waals surface area contributed by atoms with Gasteiger partial charge in [-0.05, 0) is 23.3 Å². The number of fused-ring (bicyclic) bond motifs is 1. The van der Waals surface area contributed by atoms with Gasteiger partial charge in [-0.1, -0.05) is 42.5 Å². The molecule has 0 fully saturated rings. The number of hydrogen-bond acceptors (Lipinski definition) is 4. The van der Waals surface area contributed by atoms with Crippen LogP contribution < -0.4 is 10.9 Å². The van der Waals surface area contributed by atoms with Gasteiger partial charge in [-0.3, -0.25) is 14.7 Å². The highest BCUT2D eigenvalue weighted by molar-refractivity contribution is 5.95. The predicted molar refractivity (Wildman–Crippen MR) is 100 cm³/mol. The molecule has 0 radical (unpaired) electrons. The summed E-state index contributed by atoms with van der Waals surface area (Å²) in [5.74, 6) is -1.84. The molecule has 140 valence electrons. The van der Waals surface area contributed by atoms with Gasteiger partial charge >= 0.3 is 5.56 Å². The second-order valence-corrected chi connectivity index (χ2v) is 6.15. The Morgan fingerprint density at radius 3 is 2.57 bits per heavy atom. The molecule has 28 heavy (non-hydrogen) atoms. The molecule has 0 aliphatic carbocycles. The van der Waals surface area contributed by atoms with E-state index < -0.39 is 17.2 Å². The van der Waals surface area contributed by atoms with Gasteiger partial charge in [-0.15, -0.1) is 0 Å². The lowest BCUT2D eigenvalue weighted by Gasteiger charge is -2.06. The largest absolute Gasteiger partial charge is 0.501 e. The van der Waals surface area contributed by atoms with Gasteiger partial charge in [0.15, 0.2) is 11.3 Å². The lowest BCUT2D eigenvalue weighted by molar-refractivity contribution is 0.0942.